The van der Waals surface area contributed by atoms with E-state index >= 15 is 0 Å². The van der Waals surface area contributed by atoms with Gasteiger partial charge in [-0.1, -0.05) is 18.2 Å². The molecule has 0 aliphatic carbocycles. The molecule has 1 atom stereocenters. The summed E-state index contributed by atoms with van der Waals surface area (Å²) in [5.41, 5.74) is 2.43. The van der Waals surface area contributed by atoms with Crippen LogP contribution in [0, 0.1) is 6.92 Å². The van der Waals surface area contributed by atoms with Crippen LogP contribution in [0.3, 0.4) is 0 Å². The molecule has 0 unspecified atom stereocenters. The maximum Gasteiger partial charge on any atom is 0.307 e. The fraction of sp³-hybridized carbons (Fsp3) is 0.619. The molecule has 0 heterocycles. The van der Waals surface area contributed by atoms with E-state index in [-0.39, 0.29) is 38.3 Å². The average molecular weight is 421 g/mol. The number of aliphatic hydroxyl groups excluding tert-OH is 2. The van der Waals surface area contributed by atoms with Crippen molar-refractivity contribution in [2.24, 2.45) is 0 Å². The Morgan fingerprint density at radius 3 is 2.50 bits per heavy atom. The molecule has 0 aromatic heterocycles. The van der Waals surface area contributed by atoms with E-state index in [1.165, 1.54) is 12.5 Å². The summed E-state index contributed by atoms with van der Waals surface area (Å²) < 4.78 is 5.40. The summed E-state index contributed by atoms with van der Waals surface area (Å²) in [5.74, 6) is -0.333. The van der Waals surface area contributed by atoms with Crippen molar-refractivity contribution in [3.05, 3.63) is 34.9 Å². The van der Waals surface area contributed by atoms with Gasteiger partial charge in [0, 0.05) is 19.1 Å². The van der Waals surface area contributed by atoms with Crippen molar-refractivity contribution in [1.29, 1.82) is 0 Å². The summed E-state index contributed by atoms with van der Waals surface area (Å²) in [6.07, 6.45) is 1.30. The third-order valence-electron chi connectivity index (χ3n) is 4.23. The molecule has 1 rings (SSSR count). The molecule has 8 nitrogen and oxygen atoms in total. The van der Waals surface area contributed by atoms with Crippen molar-refractivity contribution in [1.82, 2.24) is 10.3 Å². The number of aliphatic hydroxyl groups is 2. The summed E-state index contributed by atoms with van der Waals surface area (Å²) in [6, 6.07) is 5.63. The van der Waals surface area contributed by atoms with Gasteiger partial charge in [0.2, 0.25) is 0 Å². The van der Waals surface area contributed by atoms with Crippen LogP contribution >= 0.6 is 0 Å². The van der Waals surface area contributed by atoms with Crippen LogP contribution in [-0.4, -0.2) is 72.8 Å². The second kappa shape index (κ2) is 13.5. The largest absolute Gasteiger partial charge is 0.460 e. The Hall–Kier alpha value is -1.78. The van der Waals surface area contributed by atoms with Crippen molar-refractivity contribution >= 4 is 19.6 Å². The van der Waals surface area contributed by atoms with E-state index in [1.54, 1.807) is 0 Å². The first-order chi connectivity index (χ1) is 14.2. The zero-order valence-corrected chi connectivity index (χ0v) is 18.4. The third-order valence-corrected chi connectivity index (χ3v) is 4.23. The number of aryl methyl sites for hydroxylation is 1. The quantitative estimate of drug-likeness (QED) is 0.175. The number of esters is 1. The van der Waals surface area contributed by atoms with Crippen molar-refractivity contribution < 1.29 is 29.4 Å². The second-order valence-electron chi connectivity index (χ2n) is 8.07. The number of hydrogen-bond acceptors (Lipinski definition) is 8. The smallest absolute Gasteiger partial charge is 0.307 e. The molecule has 1 radical (unpaired) electrons. The maximum atomic E-state index is 12.2. The van der Waals surface area contributed by atoms with Crippen molar-refractivity contribution in [3.63, 3.8) is 0 Å². The number of nitrogens with zero attached hydrogens (tertiary/aromatic N) is 1. The van der Waals surface area contributed by atoms with Crippen molar-refractivity contribution in [2.45, 2.75) is 58.8 Å². The first-order valence-corrected chi connectivity index (χ1v) is 10.1. The molecule has 0 fully saturated rings. The van der Waals surface area contributed by atoms with Crippen LogP contribution in [0.25, 0.3) is 0 Å². The molecule has 30 heavy (non-hydrogen) atoms. The first kappa shape index (κ1) is 26.3. The lowest BCUT2D eigenvalue weighted by Gasteiger charge is -2.23. The van der Waals surface area contributed by atoms with E-state index in [1.807, 2.05) is 45.9 Å². The normalized spacial score (nSPS) is 12.6. The van der Waals surface area contributed by atoms with Gasteiger partial charge in [-0.05, 0) is 50.8 Å². The maximum absolute atomic E-state index is 12.2. The third kappa shape index (κ3) is 10.8. The van der Waals surface area contributed by atoms with Gasteiger partial charge in [-0.2, -0.15) is 5.06 Å². The van der Waals surface area contributed by atoms with Crippen LogP contribution < -0.4 is 5.23 Å². The van der Waals surface area contributed by atoms with Gasteiger partial charge in [-0.25, -0.2) is 0 Å². The topological polar surface area (TPSA) is 108 Å². The fourth-order valence-corrected chi connectivity index (χ4v) is 2.88. The molecule has 3 N–H and O–H groups in total. The highest BCUT2D eigenvalue weighted by molar-refractivity contribution is 6.64. The highest BCUT2D eigenvalue weighted by Crippen LogP contribution is 2.17. The van der Waals surface area contributed by atoms with Gasteiger partial charge in [-0.15, -0.1) is 0 Å². The molecule has 0 saturated carbocycles. The zero-order chi connectivity index (χ0) is 22.6. The van der Waals surface area contributed by atoms with Gasteiger partial charge in [-0.3, -0.25) is 9.63 Å². The number of hydrogen-bond donors (Lipinski definition) is 3. The van der Waals surface area contributed by atoms with Crippen LogP contribution in [0.15, 0.2) is 18.2 Å². The molecular formula is C21H34BN2O6. The summed E-state index contributed by atoms with van der Waals surface area (Å²) in [6.45, 7) is 8.20. The Morgan fingerprint density at radius 2 is 1.93 bits per heavy atom. The Bertz CT molecular complexity index is 659. The van der Waals surface area contributed by atoms with Crippen LogP contribution in [0.4, 0.5) is 0 Å². The Labute approximate surface area is 179 Å². The highest BCUT2D eigenvalue weighted by Gasteiger charge is 2.21. The number of hydroxylamine groups is 2. The Kier molecular flexibility index (Phi) is 11.8. The van der Waals surface area contributed by atoms with Gasteiger partial charge >= 0.3 is 5.97 Å². The molecule has 0 bridgehead atoms. The highest BCUT2D eigenvalue weighted by atomic mass is 16.7. The van der Waals surface area contributed by atoms with Crippen LogP contribution in [0.5, 0.6) is 0 Å². The number of carbonyl (C=O) groups is 2. The second-order valence-corrected chi connectivity index (χ2v) is 8.07. The van der Waals surface area contributed by atoms with Gasteiger partial charge in [0.25, 0.3) is 7.41 Å². The predicted octanol–water partition coefficient (Wildman–Crippen LogP) is 0.755. The monoisotopic (exact) mass is 421 g/mol. The van der Waals surface area contributed by atoms with Gasteiger partial charge in [0.15, 0.2) is 0 Å². The summed E-state index contributed by atoms with van der Waals surface area (Å²) in [5, 5.41) is 22.7. The van der Waals surface area contributed by atoms with E-state index in [0.29, 0.717) is 25.7 Å². The molecule has 1 aromatic rings. The van der Waals surface area contributed by atoms with Gasteiger partial charge in [0.05, 0.1) is 32.4 Å². The molecule has 9 heteroatoms. The van der Waals surface area contributed by atoms with E-state index < -0.39 is 5.60 Å². The van der Waals surface area contributed by atoms with E-state index in [9.17, 15) is 9.59 Å². The van der Waals surface area contributed by atoms with E-state index in [2.05, 4.69) is 5.23 Å². The molecular weight excluding hydrogens is 387 g/mol. The van der Waals surface area contributed by atoms with E-state index in [4.69, 9.17) is 19.8 Å². The fourth-order valence-electron chi connectivity index (χ4n) is 2.88. The lowest BCUT2D eigenvalue weighted by Crippen LogP contribution is -2.38. The van der Waals surface area contributed by atoms with Crippen molar-refractivity contribution in [2.75, 3.05) is 26.3 Å². The van der Waals surface area contributed by atoms with Crippen molar-refractivity contribution in [3.8, 4) is 0 Å². The minimum atomic E-state index is -0.571. The standard InChI is InChI=1S/C21H34BN2O6/c1-16-5-6-17(14-29-24(7-9-25)8-10-26)11-18(16)12-19(23-22-15-27)13-20(28)30-21(2,3)4/h5-6,11,15,19,23,25-26H,7-10,12-14H2,1-4H3/t19-/m0/s1. The van der Waals surface area contributed by atoms with Crippen LogP contribution in [0.2, 0.25) is 0 Å². The number of carbonyl (C=O) groups excluding carboxylic acids is 2. The number of rotatable bonds is 14. The number of nitrogens with one attached hydrogen (secondary N) is 1. The first-order valence-electron chi connectivity index (χ1n) is 10.1. The lowest BCUT2D eigenvalue weighted by molar-refractivity contribution is -0.178. The molecule has 167 valence electrons. The van der Waals surface area contributed by atoms with Gasteiger partial charge in [0.1, 0.15) is 5.60 Å². The number of ether oxygens (including phenoxy) is 1. The Morgan fingerprint density at radius 1 is 1.27 bits per heavy atom. The summed E-state index contributed by atoms with van der Waals surface area (Å²) in [7, 11) is 1.29. The predicted molar refractivity (Wildman–Crippen MR) is 115 cm³/mol. The van der Waals surface area contributed by atoms with E-state index in [0.717, 1.165) is 16.7 Å². The van der Waals surface area contributed by atoms with Gasteiger partial charge < -0.3 is 25.0 Å². The summed E-state index contributed by atoms with van der Waals surface area (Å²) in [4.78, 5) is 28.7. The molecule has 0 aliphatic heterocycles. The SMILES string of the molecule is Cc1ccc(CON(CCO)CCO)cc1C[C@@H](CC(=O)OC(C)(C)C)N[B]C=O. The van der Waals surface area contributed by atoms with Crippen LogP contribution in [-0.2, 0) is 32.2 Å². The molecule has 1 aromatic carbocycles. The lowest BCUT2D eigenvalue weighted by atomic mass is 9.91. The Balaban J connectivity index is 2.83. The average Bonchev–Trinajstić information content (AvgIpc) is 2.65. The minimum Gasteiger partial charge on any atom is -0.460 e. The number of benzene rings is 1. The molecule has 0 saturated heterocycles. The molecule has 0 amide bonds. The molecule has 0 aliphatic rings. The molecule has 0 spiro atoms. The minimum absolute atomic E-state index is 0.0651. The summed E-state index contributed by atoms with van der Waals surface area (Å²) >= 11 is 0. The van der Waals surface area contributed by atoms with Crippen LogP contribution in [0.1, 0.15) is 43.9 Å². The zero-order valence-electron chi connectivity index (χ0n) is 18.4.